The summed E-state index contributed by atoms with van der Waals surface area (Å²) in [5.41, 5.74) is -0.323. The highest BCUT2D eigenvalue weighted by atomic mass is 33.5. The zero-order valence-electron chi connectivity index (χ0n) is 12.0. The quantitative estimate of drug-likeness (QED) is 0.527. The molecule has 0 N–H and O–H groups in total. The SMILES string of the molecule is CC1(C)COP(=O)(SSP2(=O)OCC(C)(C)CO2)OC1. The lowest BCUT2D eigenvalue weighted by Crippen LogP contribution is -2.29. The second-order valence-electron chi connectivity index (χ2n) is 6.47. The van der Waals surface area contributed by atoms with Crippen LogP contribution in [-0.2, 0) is 27.2 Å². The Labute approximate surface area is 127 Å². The topological polar surface area (TPSA) is 71.1 Å². The van der Waals surface area contributed by atoms with Gasteiger partial charge < -0.3 is 0 Å². The van der Waals surface area contributed by atoms with Crippen molar-refractivity contribution in [2.24, 2.45) is 10.8 Å². The maximum atomic E-state index is 12.3. The largest absolute Gasteiger partial charge is 0.400 e. The summed E-state index contributed by atoms with van der Waals surface area (Å²) in [4.78, 5) is 0. The zero-order valence-corrected chi connectivity index (χ0v) is 15.4. The molecule has 2 heterocycles. The molecule has 0 spiro atoms. The van der Waals surface area contributed by atoms with Crippen LogP contribution in [0.1, 0.15) is 27.7 Å². The fourth-order valence-electron chi connectivity index (χ4n) is 1.34. The van der Waals surface area contributed by atoms with Gasteiger partial charge in [0, 0.05) is 31.7 Å². The molecule has 118 valence electrons. The van der Waals surface area contributed by atoms with Crippen molar-refractivity contribution >= 4 is 34.4 Å². The second kappa shape index (κ2) is 5.89. The van der Waals surface area contributed by atoms with Gasteiger partial charge >= 0.3 is 13.6 Å². The Balaban J connectivity index is 1.87. The summed E-state index contributed by atoms with van der Waals surface area (Å²) in [5.74, 6) is 0. The highest BCUT2D eigenvalue weighted by molar-refractivity contribution is 9.12. The first-order chi connectivity index (χ1) is 9.04. The molecule has 0 unspecified atom stereocenters. The van der Waals surface area contributed by atoms with Crippen LogP contribution in [0.25, 0.3) is 0 Å². The van der Waals surface area contributed by atoms with Crippen LogP contribution in [-0.4, -0.2) is 26.4 Å². The molecule has 0 atom stereocenters. The molecule has 2 rings (SSSR count). The molecule has 10 heteroatoms. The standard InChI is InChI=1S/C10H20O6P2S2/c1-9(2)5-13-17(11,14-6-9)19-20-18(12)15-7-10(3,4)8-16-18/h5-8H2,1-4H3. The molecule has 2 saturated heterocycles. The Hall–Kier alpha value is 1.00. The summed E-state index contributed by atoms with van der Waals surface area (Å²) >= 11 is 0. The van der Waals surface area contributed by atoms with Crippen molar-refractivity contribution in [3.8, 4) is 0 Å². The van der Waals surface area contributed by atoms with Gasteiger partial charge in [0.1, 0.15) is 0 Å². The Morgan fingerprint density at radius 1 is 0.700 bits per heavy atom. The van der Waals surface area contributed by atoms with Crippen molar-refractivity contribution in [2.75, 3.05) is 26.4 Å². The molecule has 0 aromatic heterocycles. The Morgan fingerprint density at radius 2 is 0.950 bits per heavy atom. The Kier molecular flexibility index (Phi) is 5.11. The first-order valence-electron chi connectivity index (χ1n) is 6.20. The monoisotopic (exact) mass is 362 g/mol. The van der Waals surface area contributed by atoms with E-state index in [1.165, 1.54) is 0 Å². The zero-order chi connectivity index (χ0) is 15.1. The predicted molar refractivity (Wildman–Crippen MR) is 81.8 cm³/mol. The van der Waals surface area contributed by atoms with E-state index < -0.39 is 13.6 Å². The van der Waals surface area contributed by atoms with Gasteiger partial charge in [0.05, 0.1) is 26.4 Å². The third-order valence-electron chi connectivity index (χ3n) is 2.67. The lowest BCUT2D eigenvalue weighted by atomic mass is 9.97. The minimum Gasteiger partial charge on any atom is -0.300 e. The second-order valence-corrected chi connectivity index (χ2v) is 15.8. The van der Waals surface area contributed by atoms with Gasteiger partial charge in [0.15, 0.2) is 0 Å². The lowest BCUT2D eigenvalue weighted by Gasteiger charge is -2.35. The van der Waals surface area contributed by atoms with Crippen LogP contribution in [0.15, 0.2) is 0 Å². The van der Waals surface area contributed by atoms with Crippen molar-refractivity contribution in [1.82, 2.24) is 0 Å². The van der Waals surface area contributed by atoms with Gasteiger partial charge in [-0.25, -0.2) is 9.13 Å². The summed E-state index contributed by atoms with van der Waals surface area (Å²) < 4.78 is 45.8. The van der Waals surface area contributed by atoms with Gasteiger partial charge in [0.2, 0.25) is 0 Å². The van der Waals surface area contributed by atoms with Gasteiger partial charge in [-0.1, -0.05) is 27.7 Å². The molecule has 2 fully saturated rings. The van der Waals surface area contributed by atoms with Crippen LogP contribution in [0.2, 0.25) is 0 Å². The van der Waals surface area contributed by atoms with E-state index >= 15 is 0 Å². The van der Waals surface area contributed by atoms with Crippen LogP contribution in [0.5, 0.6) is 0 Å². The molecule has 2 aliphatic heterocycles. The normalized spacial score (nSPS) is 30.8. The van der Waals surface area contributed by atoms with Gasteiger partial charge in [-0.15, -0.1) is 0 Å². The lowest BCUT2D eigenvalue weighted by molar-refractivity contribution is 0.0496. The van der Waals surface area contributed by atoms with E-state index in [-0.39, 0.29) is 10.8 Å². The fraction of sp³-hybridized carbons (Fsp3) is 1.00. The van der Waals surface area contributed by atoms with Crippen LogP contribution in [0.4, 0.5) is 0 Å². The fourth-order valence-corrected chi connectivity index (χ4v) is 12.9. The first kappa shape index (κ1) is 17.4. The molecule has 0 radical (unpaired) electrons. The van der Waals surface area contributed by atoms with Crippen molar-refractivity contribution in [2.45, 2.75) is 27.7 Å². The average molecular weight is 362 g/mol. The number of hydrogen-bond donors (Lipinski definition) is 0. The third-order valence-corrected chi connectivity index (χ3v) is 13.1. The Morgan fingerprint density at radius 3 is 1.20 bits per heavy atom. The molecule has 0 amide bonds. The molecule has 0 aromatic carbocycles. The third kappa shape index (κ3) is 4.75. The van der Waals surface area contributed by atoms with Crippen molar-refractivity contribution in [1.29, 1.82) is 0 Å². The molecule has 0 saturated carbocycles. The highest BCUT2D eigenvalue weighted by Gasteiger charge is 2.43. The predicted octanol–water partition coefficient (Wildman–Crippen LogP) is 4.73. The van der Waals surface area contributed by atoms with E-state index in [4.69, 9.17) is 18.1 Å². The molecule has 0 aliphatic carbocycles. The van der Waals surface area contributed by atoms with E-state index in [2.05, 4.69) is 0 Å². The molecule has 6 nitrogen and oxygen atoms in total. The Bertz CT molecular complexity index is 397. The smallest absolute Gasteiger partial charge is 0.300 e. The molecule has 2 aliphatic rings. The van der Waals surface area contributed by atoms with Crippen LogP contribution in [0.3, 0.4) is 0 Å². The van der Waals surface area contributed by atoms with Crippen LogP contribution in [0, 0.1) is 10.8 Å². The summed E-state index contributed by atoms with van der Waals surface area (Å²) in [6, 6.07) is 0. The minimum atomic E-state index is -3.29. The molecular weight excluding hydrogens is 342 g/mol. The van der Waals surface area contributed by atoms with Crippen LogP contribution >= 0.6 is 34.4 Å². The average Bonchev–Trinajstić information content (AvgIpc) is 2.36. The van der Waals surface area contributed by atoms with E-state index in [0.29, 0.717) is 26.4 Å². The molecule has 0 bridgehead atoms. The minimum absolute atomic E-state index is 0.161. The maximum absolute atomic E-state index is 12.3. The van der Waals surface area contributed by atoms with E-state index in [9.17, 15) is 9.13 Å². The summed E-state index contributed by atoms with van der Waals surface area (Å²) in [6.07, 6.45) is 0. The van der Waals surface area contributed by atoms with Gasteiger partial charge in [-0.05, 0) is 0 Å². The van der Waals surface area contributed by atoms with Gasteiger partial charge in [-0.2, -0.15) is 0 Å². The van der Waals surface area contributed by atoms with E-state index in [1.54, 1.807) is 0 Å². The highest BCUT2D eigenvalue weighted by Crippen LogP contribution is 2.78. The first-order valence-corrected chi connectivity index (χ1v) is 12.6. The van der Waals surface area contributed by atoms with Gasteiger partial charge in [-0.3, -0.25) is 18.1 Å². The molecule has 20 heavy (non-hydrogen) atoms. The summed E-state index contributed by atoms with van der Waals surface area (Å²) in [6.45, 7) is 2.66. The van der Waals surface area contributed by atoms with Crippen molar-refractivity contribution in [3.05, 3.63) is 0 Å². The summed E-state index contributed by atoms with van der Waals surface area (Å²) in [5, 5.41) is 0. The number of hydrogen-bond acceptors (Lipinski definition) is 8. The number of rotatable bonds is 3. The summed E-state index contributed by atoms with van der Waals surface area (Å²) in [7, 11) is 1.64. The molecular formula is C10H20O6P2S2. The van der Waals surface area contributed by atoms with Gasteiger partial charge in [0.25, 0.3) is 0 Å². The van der Waals surface area contributed by atoms with E-state index in [0.717, 1.165) is 20.8 Å². The molecule has 0 aromatic rings. The van der Waals surface area contributed by atoms with E-state index in [1.807, 2.05) is 27.7 Å². The van der Waals surface area contributed by atoms with Crippen molar-refractivity contribution in [3.63, 3.8) is 0 Å². The van der Waals surface area contributed by atoms with Crippen molar-refractivity contribution < 1.29 is 27.2 Å². The maximum Gasteiger partial charge on any atom is 0.400 e. The van der Waals surface area contributed by atoms with Crippen LogP contribution < -0.4 is 0 Å².